The average molecular weight is 451 g/mol. The van der Waals surface area contributed by atoms with E-state index in [0.717, 1.165) is 45.2 Å². The van der Waals surface area contributed by atoms with Crippen LogP contribution in [-0.4, -0.2) is 66.6 Å². The maximum atomic E-state index is 13.1. The van der Waals surface area contributed by atoms with E-state index in [1.165, 1.54) is 6.42 Å². The number of nitrogens with zero attached hydrogens (tertiary/aromatic N) is 2. The Morgan fingerprint density at radius 3 is 2.65 bits per heavy atom. The third-order valence-corrected chi connectivity index (χ3v) is 6.31. The van der Waals surface area contributed by atoms with Crippen LogP contribution in [-0.2, 0) is 14.3 Å². The van der Waals surface area contributed by atoms with Gasteiger partial charge in [0.1, 0.15) is 18.0 Å². The maximum Gasteiger partial charge on any atom is 0.225 e. The van der Waals surface area contributed by atoms with Gasteiger partial charge in [-0.05, 0) is 43.9 Å². The Kier molecular flexibility index (Phi) is 9.02. The van der Waals surface area contributed by atoms with Gasteiger partial charge >= 0.3 is 0 Å². The van der Waals surface area contributed by atoms with Gasteiger partial charge in [-0.2, -0.15) is 0 Å². The summed E-state index contributed by atoms with van der Waals surface area (Å²) in [5.74, 6) is 0.844. The van der Waals surface area contributed by atoms with Gasteiger partial charge in [0, 0.05) is 31.1 Å². The molecule has 0 unspecified atom stereocenters. The van der Waals surface area contributed by atoms with E-state index in [9.17, 15) is 9.59 Å². The molecule has 0 spiro atoms. The Balaban J connectivity index is 1.70. The van der Waals surface area contributed by atoms with Crippen LogP contribution in [0, 0.1) is 0 Å². The molecular weight excluding hydrogens is 416 g/mol. The van der Waals surface area contributed by atoms with Crippen LogP contribution in [0.3, 0.4) is 0 Å². The molecule has 1 aromatic carbocycles. The summed E-state index contributed by atoms with van der Waals surface area (Å²) in [6, 6.07) is 7.20. The lowest BCUT2D eigenvalue weighted by atomic mass is 9.95. The molecule has 0 saturated carbocycles. The molecule has 7 heteroatoms. The molecule has 0 aliphatic carbocycles. The van der Waals surface area contributed by atoms with Crippen molar-refractivity contribution in [3.63, 3.8) is 0 Å². The van der Waals surface area contributed by atoms with Crippen molar-refractivity contribution in [3.8, 4) is 5.75 Å². The van der Waals surface area contributed by atoms with Crippen molar-refractivity contribution in [2.75, 3.05) is 39.4 Å². The minimum Gasteiger partial charge on any atom is -0.490 e. The van der Waals surface area contributed by atoms with Crippen molar-refractivity contribution in [2.24, 2.45) is 0 Å². The first-order valence-electron chi connectivity index (χ1n) is 11.6. The molecule has 2 aliphatic rings. The monoisotopic (exact) mass is 450 g/mol. The topological polar surface area (TPSA) is 59.1 Å². The van der Waals surface area contributed by atoms with Crippen LogP contribution in [0.2, 0.25) is 5.02 Å². The van der Waals surface area contributed by atoms with Crippen molar-refractivity contribution in [3.05, 3.63) is 29.3 Å². The number of carbonyl (C=O) groups excluding carboxylic acids is 2. The molecule has 2 saturated heterocycles. The van der Waals surface area contributed by atoms with Gasteiger partial charge < -0.3 is 19.3 Å². The zero-order valence-electron chi connectivity index (χ0n) is 18.6. The predicted molar refractivity (Wildman–Crippen MR) is 121 cm³/mol. The number of benzene rings is 1. The first kappa shape index (κ1) is 23.9. The van der Waals surface area contributed by atoms with Crippen LogP contribution in [0.15, 0.2) is 24.3 Å². The second-order valence-corrected chi connectivity index (χ2v) is 9.10. The van der Waals surface area contributed by atoms with Gasteiger partial charge in [0.15, 0.2) is 0 Å². The molecule has 2 amide bonds. The molecule has 0 aromatic heterocycles. The highest BCUT2D eigenvalue weighted by Crippen LogP contribution is 2.27. The number of morpholine rings is 1. The van der Waals surface area contributed by atoms with Crippen LogP contribution in [0.25, 0.3) is 0 Å². The van der Waals surface area contributed by atoms with Crippen molar-refractivity contribution >= 4 is 23.4 Å². The summed E-state index contributed by atoms with van der Waals surface area (Å²) in [6.45, 7) is 5.26. The smallest absolute Gasteiger partial charge is 0.225 e. The maximum absolute atomic E-state index is 13.1. The first-order valence-corrected chi connectivity index (χ1v) is 12.0. The van der Waals surface area contributed by atoms with Crippen molar-refractivity contribution < 1.29 is 19.1 Å². The van der Waals surface area contributed by atoms with Crippen LogP contribution < -0.4 is 4.74 Å². The quantitative estimate of drug-likeness (QED) is 0.526. The van der Waals surface area contributed by atoms with Gasteiger partial charge in [-0.1, -0.05) is 37.4 Å². The second kappa shape index (κ2) is 11.7. The number of hydrogen-bond acceptors (Lipinski definition) is 4. The summed E-state index contributed by atoms with van der Waals surface area (Å²) in [5.41, 5.74) is -0.852. The molecule has 6 nitrogen and oxygen atoms in total. The minimum absolute atomic E-state index is 0.0784. The van der Waals surface area contributed by atoms with E-state index in [1.807, 2.05) is 21.9 Å². The van der Waals surface area contributed by atoms with E-state index in [0.29, 0.717) is 36.9 Å². The van der Waals surface area contributed by atoms with E-state index in [-0.39, 0.29) is 24.8 Å². The summed E-state index contributed by atoms with van der Waals surface area (Å²) in [4.78, 5) is 29.7. The van der Waals surface area contributed by atoms with E-state index in [2.05, 4.69) is 6.92 Å². The van der Waals surface area contributed by atoms with Crippen molar-refractivity contribution in [2.45, 2.75) is 63.9 Å². The number of likely N-dealkylation sites (tertiary alicyclic amines) is 1. The van der Waals surface area contributed by atoms with Gasteiger partial charge in [0.25, 0.3) is 0 Å². The standard InChI is InChI=1S/C24H35ClN2O4/c1-2-3-5-11-22(28)27-14-15-31-24(18-27,17-23(29)26-12-6-4-7-13-26)19-30-21-10-8-9-20(25)16-21/h8-10,16H,2-7,11-15,17-19H2,1H3/t24-/m0/s1. The largest absolute Gasteiger partial charge is 0.490 e. The van der Waals surface area contributed by atoms with Gasteiger partial charge in [0.05, 0.1) is 19.6 Å². The average Bonchev–Trinajstić information content (AvgIpc) is 2.79. The highest BCUT2D eigenvalue weighted by molar-refractivity contribution is 6.30. The molecule has 1 aromatic rings. The normalized spacial score (nSPS) is 21.7. The lowest BCUT2D eigenvalue weighted by molar-refractivity contribution is -0.166. The summed E-state index contributed by atoms with van der Waals surface area (Å²) in [5, 5.41) is 0.591. The molecule has 3 rings (SSSR count). The number of hydrogen-bond donors (Lipinski definition) is 0. The summed E-state index contributed by atoms with van der Waals surface area (Å²) in [6.07, 6.45) is 7.03. The number of unbranched alkanes of at least 4 members (excludes halogenated alkanes) is 2. The third-order valence-electron chi connectivity index (χ3n) is 6.08. The van der Waals surface area contributed by atoms with Crippen molar-refractivity contribution in [1.82, 2.24) is 9.80 Å². The summed E-state index contributed by atoms with van der Waals surface area (Å²) in [7, 11) is 0. The Labute approximate surface area is 190 Å². The SMILES string of the molecule is CCCCCC(=O)N1CCO[C@@](COc2cccc(Cl)c2)(CC(=O)N2CCCCC2)C1. The van der Waals surface area contributed by atoms with Crippen LogP contribution >= 0.6 is 11.6 Å². The fourth-order valence-corrected chi connectivity index (χ4v) is 4.47. The molecule has 31 heavy (non-hydrogen) atoms. The number of carbonyl (C=O) groups is 2. The molecule has 172 valence electrons. The fraction of sp³-hybridized carbons (Fsp3) is 0.667. The number of halogens is 1. The van der Waals surface area contributed by atoms with E-state index in [1.54, 1.807) is 12.1 Å². The van der Waals surface area contributed by atoms with Gasteiger partial charge in [0.2, 0.25) is 11.8 Å². The Morgan fingerprint density at radius 1 is 1.10 bits per heavy atom. The predicted octanol–water partition coefficient (Wildman–Crippen LogP) is 4.30. The molecule has 0 bridgehead atoms. The number of piperidine rings is 1. The van der Waals surface area contributed by atoms with Crippen LogP contribution in [0.4, 0.5) is 0 Å². The number of amides is 2. The molecule has 2 aliphatic heterocycles. The Morgan fingerprint density at radius 2 is 1.90 bits per heavy atom. The molecule has 2 fully saturated rings. The summed E-state index contributed by atoms with van der Waals surface area (Å²) >= 11 is 6.09. The molecule has 1 atom stereocenters. The highest BCUT2D eigenvalue weighted by atomic mass is 35.5. The summed E-state index contributed by atoms with van der Waals surface area (Å²) < 4.78 is 12.2. The van der Waals surface area contributed by atoms with Gasteiger partial charge in [-0.15, -0.1) is 0 Å². The minimum atomic E-state index is -0.852. The molecule has 2 heterocycles. The zero-order valence-corrected chi connectivity index (χ0v) is 19.4. The lowest BCUT2D eigenvalue weighted by Crippen LogP contribution is -2.58. The van der Waals surface area contributed by atoms with E-state index < -0.39 is 5.60 Å². The molecule has 0 N–H and O–H groups in total. The lowest BCUT2D eigenvalue weighted by Gasteiger charge is -2.43. The third kappa shape index (κ3) is 7.11. The van der Waals surface area contributed by atoms with E-state index >= 15 is 0 Å². The van der Waals surface area contributed by atoms with Gasteiger partial charge in [-0.25, -0.2) is 0 Å². The molecular formula is C24H35ClN2O4. The second-order valence-electron chi connectivity index (χ2n) is 8.67. The van der Waals surface area contributed by atoms with Gasteiger partial charge in [-0.3, -0.25) is 9.59 Å². The Bertz CT molecular complexity index is 738. The first-order chi connectivity index (χ1) is 15.0. The number of rotatable bonds is 9. The van der Waals surface area contributed by atoms with Crippen molar-refractivity contribution in [1.29, 1.82) is 0 Å². The number of ether oxygens (including phenoxy) is 2. The molecule has 0 radical (unpaired) electrons. The van der Waals surface area contributed by atoms with E-state index in [4.69, 9.17) is 21.1 Å². The van der Waals surface area contributed by atoms with Crippen LogP contribution in [0.5, 0.6) is 5.75 Å². The Hall–Kier alpha value is -1.79. The van der Waals surface area contributed by atoms with Crippen LogP contribution in [0.1, 0.15) is 58.3 Å². The highest BCUT2D eigenvalue weighted by Gasteiger charge is 2.42. The fourth-order valence-electron chi connectivity index (χ4n) is 4.29. The zero-order chi connectivity index (χ0) is 22.1.